The molecule has 0 aromatic carbocycles. The molecule has 0 radical (unpaired) electrons. The fourth-order valence-electron chi connectivity index (χ4n) is 1.64. The molecule has 2 heterocycles. The molecule has 0 spiro atoms. The molecule has 0 aliphatic heterocycles. The second-order valence-corrected chi connectivity index (χ2v) is 4.34. The van der Waals surface area contributed by atoms with E-state index in [0.717, 1.165) is 25.3 Å². The predicted molar refractivity (Wildman–Crippen MR) is 67.0 cm³/mol. The van der Waals surface area contributed by atoms with E-state index in [-0.39, 0.29) is 0 Å². The molecule has 1 N–H and O–H groups in total. The zero-order chi connectivity index (χ0) is 12.1. The van der Waals surface area contributed by atoms with Crippen LogP contribution in [0.3, 0.4) is 0 Å². The summed E-state index contributed by atoms with van der Waals surface area (Å²) < 4.78 is 7.23. The molecule has 0 saturated carbocycles. The number of nitrogens with one attached hydrogen (secondary N) is 1. The molecule has 0 amide bonds. The molecule has 5 heteroatoms. The number of hydrogen-bond acceptors (Lipinski definition) is 3. The lowest BCUT2D eigenvalue weighted by Crippen LogP contribution is -2.15. The molecule has 0 bridgehead atoms. The van der Waals surface area contributed by atoms with Crippen molar-refractivity contribution >= 4 is 11.6 Å². The van der Waals surface area contributed by atoms with E-state index in [9.17, 15) is 0 Å². The molecular formula is C12H16ClN3O. The first kappa shape index (κ1) is 12.2. The van der Waals surface area contributed by atoms with Crippen molar-refractivity contribution in [3.8, 4) is 0 Å². The molecule has 0 fully saturated rings. The van der Waals surface area contributed by atoms with Gasteiger partial charge in [-0.15, -0.1) is 0 Å². The summed E-state index contributed by atoms with van der Waals surface area (Å²) in [5.41, 5.74) is 1.17. The van der Waals surface area contributed by atoms with Crippen molar-refractivity contribution in [1.82, 2.24) is 15.1 Å². The second kappa shape index (κ2) is 5.89. The molecule has 17 heavy (non-hydrogen) atoms. The smallest absolute Gasteiger partial charge is 0.129 e. The highest BCUT2D eigenvalue weighted by Gasteiger charge is 2.07. The van der Waals surface area contributed by atoms with E-state index < -0.39 is 0 Å². The van der Waals surface area contributed by atoms with Gasteiger partial charge in [-0.25, -0.2) is 0 Å². The number of nitrogens with zero attached hydrogens (tertiary/aromatic N) is 2. The first-order chi connectivity index (χ1) is 8.29. The summed E-state index contributed by atoms with van der Waals surface area (Å²) >= 11 is 5.82. The standard InChI is InChI=1S/C12H16ClN3O/c1-2-4-14-6-10-3-5-17-12(10)9-16-8-11(13)7-15-16/h3,5,7-8,14H,2,4,6,9H2,1H3. The van der Waals surface area contributed by atoms with Crippen molar-refractivity contribution in [3.05, 3.63) is 41.1 Å². The summed E-state index contributed by atoms with van der Waals surface area (Å²) in [5, 5.41) is 8.13. The monoisotopic (exact) mass is 253 g/mol. The molecular weight excluding hydrogens is 238 g/mol. The van der Waals surface area contributed by atoms with Crippen LogP contribution in [0.4, 0.5) is 0 Å². The molecule has 0 aliphatic rings. The van der Waals surface area contributed by atoms with Crippen LogP contribution < -0.4 is 5.32 Å². The van der Waals surface area contributed by atoms with Crippen molar-refractivity contribution in [3.63, 3.8) is 0 Å². The SMILES string of the molecule is CCCNCc1ccoc1Cn1cc(Cl)cn1. The van der Waals surface area contributed by atoms with Gasteiger partial charge in [-0.2, -0.15) is 5.10 Å². The number of furan rings is 1. The Balaban J connectivity index is 1.98. The number of rotatable bonds is 6. The van der Waals surface area contributed by atoms with Gasteiger partial charge in [-0.1, -0.05) is 18.5 Å². The molecule has 0 atom stereocenters. The summed E-state index contributed by atoms with van der Waals surface area (Å²) in [5.74, 6) is 0.924. The average Bonchev–Trinajstić information content (AvgIpc) is 2.90. The van der Waals surface area contributed by atoms with Gasteiger partial charge in [0.05, 0.1) is 24.0 Å². The van der Waals surface area contributed by atoms with Crippen molar-refractivity contribution in [2.24, 2.45) is 0 Å². The molecule has 4 nitrogen and oxygen atoms in total. The predicted octanol–water partition coefficient (Wildman–Crippen LogP) is 2.68. The number of halogens is 1. The Morgan fingerprint density at radius 2 is 2.41 bits per heavy atom. The van der Waals surface area contributed by atoms with Gasteiger partial charge in [-0.3, -0.25) is 4.68 Å². The highest BCUT2D eigenvalue weighted by molar-refractivity contribution is 6.30. The van der Waals surface area contributed by atoms with Gasteiger partial charge in [0.1, 0.15) is 5.76 Å². The second-order valence-electron chi connectivity index (χ2n) is 3.90. The maximum atomic E-state index is 5.82. The Labute approximate surface area is 106 Å². The normalized spacial score (nSPS) is 10.9. The highest BCUT2D eigenvalue weighted by Crippen LogP contribution is 2.13. The lowest BCUT2D eigenvalue weighted by atomic mass is 10.2. The molecule has 0 unspecified atom stereocenters. The molecule has 0 saturated heterocycles. The van der Waals surface area contributed by atoms with Gasteiger partial charge in [0.15, 0.2) is 0 Å². The van der Waals surface area contributed by atoms with E-state index in [1.165, 1.54) is 5.56 Å². The van der Waals surface area contributed by atoms with Gasteiger partial charge < -0.3 is 9.73 Å². The first-order valence-corrected chi connectivity index (χ1v) is 6.11. The maximum absolute atomic E-state index is 5.82. The number of hydrogen-bond donors (Lipinski definition) is 1. The van der Waals surface area contributed by atoms with Crippen LogP contribution in [0.15, 0.2) is 29.1 Å². The quantitative estimate of drug-likeness (QED) is 0.805. The average molecular weight is 254 g/mol. The van der Waals surface area contributed by atoms with E-state index in [2.05, 4.69) is 17.3 Å². The Kier molecular flexibility index (Phi) is 4.23. The van der Waals surface area contributed by atoms with Crippen molar-refractivity contribution < 1.29 is 4.42 Å². The summed E-state index contributed by atoms with van der Waals surface area (Å²) in [6.07, 6.45) is 6.25. The lowest BCUT2D eigenvalue weighted by molar-refractivity contribution is 0.472. The van der Waals surface area contributed by atoms with Crippen molar-refractivity contribution in [2.45, 2.75) is 26.4 Å². The van der Waals surface area contributed by atoms with E-state index >= 15 is 0 Å². The minimum absolute atomic E-state index is 0.614. The Morgan fingerprint density at radius 1 is 1.53 bits per heavy atom. The van der Waals surface area contributed by atoms with E-state index in [0.29, 0.717) is 11.6 Å². The van der Waals surface area contributed by atoms with Crippen LogP contribution in [-0.2, 0) is 13.1 Å². The Hall–Kier alpha value is -1.26. The minimum atomic E-state index is 0.614. The lowest BCUT2D eigenvalue weighted by Gasteiger charge is -2.04. The van der Waals surface area contributed by atoms with Crippen molar-refractivity contribution in [1.29, 1.82) is 0 Å². The third-order valence-corrected chi connectivity index (χ3v) is 2.68. The Morgan fingerprint density at radius 3 is 3.12 bits per heavy atom. The summed E-state index contributed by atoms with van der Waals surface area (Å²) in [7, 11) is 0. The number of aromatic nitrogens is 2. The van der Waals surface area contributed by atoms with Crippen LogP contribution in [0.2, 0.25) is 5.02 Å². The zero-order valence-corrected chi connectivity index (χ0v) is 10.6. The fraction of sp³-hybridized carbons (Fsp3) is 0.417. The van der Waals surface area contributed by atoms with Crippen LogP contribution in [0.1, 0.15) is 24.7 Å². The molecule has 2 aromatic rings. The summed E-state index contributed by atoms with van der Waals surface area (Å²) in [6.45, 7) is 4.60. The fourth-order valence-corrected chi connectivity index (χ4v) is 1.79. The zero-order valence-electron chi connectivity index (χ0n) is 9.82. The van der Waals surface area contributed by atoms with E-state index in [4.69, 9.17) is 16.0 Å². The van der Waals surface area contributed by atoms with Crippen LogP contribution in [0.5, 0.6) is 0 Å². The topological polar surface area (TPSA) is 43.0 Å². The summed E-state index contributed by atoms with van der Waals surface area (Å²) in [4.78, 5) is 0. The largest absolute Gasteiger partial charge is 0.467 e. The Bertz CT molecular complexity index is 464. The molecule has 0 aliphatic carbocycles. The van der Waals surface area contributed by atoms with Crippen molar-refractivity contribution in [2.75, 3.05) is 6.54 Å². The third-order valence-electron chi connectivity index (χ3n) is 2.49. The first-order valence-electron chi connectivity index (χ1n) is 5.73. The van der Waals surface area contributed by atoms with Gasteiger partial charge >= 0.3 is 0 Å². The molecule has 2 rings (SSSR count). The van der Waals surface area contributed by atoms with Crippen LogP contribution in [0, 0.1) is 0 Å². The highest BCUT2D eigenvalue weighted by atomic mass is 35.5. The third kappa shape index (κ3) is 3.35. The van der Waals surface area contributed by atoms with Gasteiger partial charge in [0.25, 0.3) is 0 Å². The summed E-state index contributed by atoms with van der Waals surface area (Å²) in [6, 6.07) is 1.99. The van der Waals surface area contributed by atoms with Gasteiger partial charge in [0.2, 0.25) is 0 Å². The van der Waals surface area contributed by atoms with Crippen LogP contribution in [-0.4, -0.2) is 16.3 Å². The van der Waals surface area contributed by atoms with E-state index in [1.807, 2.05) is 6.07 Å². The van der Waals surface area contributed by atoms with Crippen LogP contribution >= 0.6 is 11.6 Å². The minimum Gasteiger partial charge on any atom is -0.467 e. The molecule has 2 aromatic heterocycles. The maximum Gasteiger partial charge on any atom is 0.129 e. The van der Waals surface area contributed by atoms with Gasteiger partial charge in [-0.05, 0) is 19.0 Å². The van der Waals surface area contributed by atoms with Gasteiger partial charge in [0, 0.05) is 18.3 Å². The van der Waals surface area contributed by atoms with Crippen LogP contribution in [0.25, 0.3) is 0 Å². The van der Waals surface area contributed by atoms with E-state index in [1.54, 1.807) is 23.3 Å². The molecule has 92 valence electrons.